The second-order valence-electron chi connectivity index (χ2n) is 9.64. The summed E-state index contributed by atoms with van der Waals surface area (Å²) in [6.07, 6.45) is 26.1. The van der Waals surface area contributed by atoms with Crippen molar-refractivity contribution in [2.45, 2.75) is 156 Å². The normalized spacial score (nSPS) is 13.3. The molecule has 0 rings (SSSR count). The zero-order chi connectivity index (χ0) is 25.3. The minimum Gasteiger partial charge on any atom is -0.330 e. The van der Waals surface area contributed by atoms with Crippen LogP contribution < -0.4 is 0 Å². The van der Waals surface area contributed by atoms with E-state index in [4.69, 9.17) is 14.2 Å². The third kappa shape index (κ3) is 15.3. The molecule has 0 aromatic heterocycles. The third-order valence-electron chi connectivity index (χ3n) is 6.99. The second kappa shape index (κ2) is 24.7. The summed E-state index contributed by atoms with van der Waals surface area (Å²) >= 11 is 0. The highest BCUT2D eigenvalue weighted by atomic mass is 16.9. The van der Waals surface area contributed by atoms with Crippen molar-refractivity contribution in [1.82, 2.24) is 0 Å². The predicted octanol–water partition coefficient (Wildman–Crippen LogP) is 10.2. The van der Waals surface area contributed by atoms with Crippen LogP contribution in [0.3, 0.4) is 0 Å². The standard InChI is InChI=1S/C26H54O3.C4H8/c1-7-10-12-14-16-17-19-21-24-25(22-9-3,26(27-4,28-5)29-6)23-20-18-15-13-11-8-2;1-3-4-2/h7-24H2,1-6H3;3H,1,4H2,2H3. The molecule has 0 amide bonds. The Hall–Kier alpha value is -0.380. The van der Waals surface area contributed by atoms with Gasteiger partial charge in [-0.2, -0.15) is 0 Å². The van der Waals surface area contributed by atoms with Crippen LogP contribution in [0.4, 0.5) is 0 Å². The summed E-state index contributed by atoms with van der Waals surface area (Å²) < 4.78 is 17.8. The molecule has 0 heterocycles. The van der Waals surface area contributed by atoms with Gasteiger partial charge >= 0.3 is 0 Å². The molecule has 0 saturated heterocycles. The summed E-state index contributed by atoms with van der Waals surface area (Å²) in [5.41, 5.74) is -0.0625. The van der Waals surface area contributed by atoms with Crippen molar-refractivity contribution in [3.63, 3.8) is 0 Å². The van der Waals surface area contributed by atoms with Gasteiger partial charge in [0, 0.05) is 21.3 Å². The monoisotopic (exact) mass is 470 g/mol. The van der Waals surface area contributed by atoms with Crippen LogP contribution in [0.2, 0.25) is 0 Å². The van der Waals surface area contributed by atoms with E-state index in [9.17, 15) is 0 Å². The molecule has 0 aromatic rings. The molecular weight excluding hydrogens is 408 g/mol. The van der Waals surface area contributed by atoms with Crippen molar-refractivity contribution in [3.8, 4) is 0 Å². The quantitative estimate of drug-likeness (QED) is 0.0844. The smallest absolute Gasteiger partial charge is 0.288 e. The first-order valence-corrected chi connectivity index (χ1v) is 14.3. The minimum atomic E-state index is -0.923. The molecule has 3 nitrogen and oxygen atoms in total. The topological polar surface area (TPSA) is 27.7 Å². The summed E-state index contributed by atoms with van der Waals surface area (Å²) in [6.45, 7) is 12.4. The molecule has 0 aliphatic carbocycles. The first kappa shape index (κ1) is 34.8. The van der Waals surface area contributed by atoms with Crippen LogP contribution in [0.15, 0.2) is 12.7 Å². The first-order valence-electron chi connectivity index (χ1n) is 14.3. The lowest BCUT2D eigenvalue weighted by Gasteiger charge is -2.47. The number of hydrogen-bond donors (Lipinski definition) is 0. The van der Waals surface area contributed by atoms with Crippen LogP contribution in [-0.2, 0) is 14.2 Å². The molecule has 200 valence electrons. The Morgan fingerprint density at radius 3 is 1.12 bits per heavy atom. The number of methoxy groups -OCH3 is 3. The predicted molar refractivity (Wildman–Crippen MR) is 147 cm³/mol. The Labute approximate surface area is 209 Å². The van der Waals surface area contributed by atoms with Crippen molar-refractivity contribution in [1.29, 1.82) is 0 Å². The lowest BCUT2D eigenvalue weighted by molar-refractivity contribution is -0.411. The molecule has 1 unspecified atom stereocenters. The maximum Gasteiger partial charge on any atom is 0.288 e. The fraction of sp³-hybridized carbons (Fsp3) is 0.933. The molecule has 1 atom stereocenters. The molecule has 0 radical (unpaired) electrons. The fourth-order valence-electron chi connectivity index (χ4n) is 5.05. The lowest BCUT2D eigenvalue weighted by atomic mass is 9.72. The van der Waals surface area contributed by atoms with E-state index in [0.717, 1.165) is 32.1 Å². The van der Waals surface area contributed by atoms with Gasteiger partial charge in [-0.05, 0) is 25.7 Å². The van der Waals surface area contributed by atoms with Gasteiger partial charge in [0.2, 0.25) is 0 Å². The van der Waals surface area contributed by atoms with Crippen LogP contribution in [0, 0.1) is 5.41 Å². The molecule has 33 heavy (non-hydrogen) atoms. The minimum absolute atomic E-state index is 0.0625. The molecule has 3 heteroatoms. The van der Waals surface area contributed by atoms with Crippen molar-refractivity contribution < 1.29 is 14.2 Å². The van der Waals surface area contributed by atoms with Crippen LogP contribution in [-0.4, -0.2) is 27.3 Å². The molecule has 0 aliphatic rings. The molecule has 0 aromatic carbocycles. The molecule has 0 spiro atoms. The number of hydrogen-bond acceptors (Lipinski definition) is 3. The van der Waals surface area contributed by atoms with E-state index < -0.39 is 5.97 Å². The van der Waals surface area contributed by atoms with E-state index in [-0.39, 0.29) is 5.41 Å². The fourth-order valence-corrected chi connectivity index (χ4v) is 5.05. The van der Waals surface area contributed by atoms with E-state index in [1.807, 2.05) is 6.08 Å². The average molecular weight is 471 g/mol. The van der Waals surface area contributed by atoms with Crippen molar-refractivity contribution >= 4 is 0 Å². The van der Waals surface area contributed by atoms with Crippen LogP contribution in [0.5, 0.6) is 0 Å². The zero-order valence-corrected chi connectivity index (χ0v) is 23.9. The number of ether oxygens (including phenoxy) is 3. The van der Waals surface area contributed by atoms with Gasteiger partial charge in [0.15, 0.2) is 0 Å². The lowest BCUT2D eigenvalue weighted by Crippen LogP contribution is -2.53. The third-order valence-corrected chi connectivity index (χ3v) is 6.99. The van der Waals surface area contributed by atoms with Gasteiger partial charge in [-0.1, -0.05) is 130 Å². The molecule has 0 fully saturated rings. The van der Waals surface area contributed by atoms with Crippen LogP contribution in [0.1, 0.15) is 150 Å². The SMILES string of the molecule is C=CCC.CCCCCCCCCCC(CCC)(CCCCCCCC)C(OC)(OC)OC. The summed E-state index contributed by atoms with van der Waals surface area (Å²) in [4.78, 5) is 0. The van der Waals surface area contributed by atoms with Gasteiger partial charge in [0.1, 0.15) is 0 Å². The Morgan fingerprint density at radius 1 is 0.515 bits per heavy atom. The van der Waals surface area contributed by atoms with Crippen LogP contribution >= 0.6 is 0 Å². The Bertz CT molecular complexity index is 384. The van der Waals surface area contributed by atoms with E-state index in [1.54, 1.807) is 21.3 Å². The van der Waals surface area contributed by atoms with Gasteiger partial charge < -0.3 is 14.2 Å². The summed E-state index contributed by atoms with van der Waals surface area (Å²) in [5.74, 6) is -0.923. The van der Waals surface area contributed by atoms with Gasteiger partial charge in [-0.15, -0.1) is 6.58 Å². The van der Waals surface area contributed by atoms with E-state index in [1.165, 1.54) is 89.9 Å². The zero-order valence-electron chi connectivity index (χ0n) is 23.9. The van der Waals surface area contributed by atoms with E-state index in [0.29, 0.717) is 0 Å². The summed E-state index contributed by atoms with van der Waals surface area (Å²) in [5, 5.41) is 0. The van der Waals surface area contributed by atoms with E-state index in [2.05, 4.69) is 34.3 Å². The molecular formula is C30H62O3. The van der Waals surface area contributed by atoms with Gasteiger partial charge in [0.25, 0.3) is 5.97 Å². The van der Waals surface area contributed by atoms with Gasteiger partial charge in [-0.25, -0.2) is 0 Å². The van der Waals surface area contributed by atoms with Gasteiger partial charge in [0.05, 0.1) is 5.41 Å². The largest absolute Gasteiger partial charge is 0.330 e. The summed E-state index contributed by atoms with van der Waals surface area (Å²) in [6, 6.07) is 0. The van der Waals surface area contributed by atoms with Crippen LogP contribution in [0.25, 0.3) is 0 Å². The Balaban J connectivity index is 0. The van der Waals surface area contributed by atoms with Crippen molar-refractivity contribution in [3.05, 3.63) is 12.7 Å². The highest BCUT2D eigenvalue weighted by Gasteiger charge is 2.52. The Kier molecular flexibility index (Phi) is 26.1. The van der Waals surface area contributed by atoms with E-state index >= 15 is 0 Å². The molecule has 0 saturated carbocycles. The average Bonchev–Trinajstić information content (AvgIpc) is 2.84. The second-order valence-corrected chi connectivity index (χ2v) is 9.64. The molecule has 0 N–H and O–H groups in total. The van der Waals surface area contributed by atoms with Gasteiger partial charge in [-0.3, -0.25) is 0 Å². The molecule has 0 bridgehead atoms. The maximum absolute atomic E-state index is 5.93. The number of allylic oxidation sites excluding steroid dienone is 1. The maximum atomic E-state index is 5.93. The first-order chi connectivity index (χ1) is 16.0. The number of rotatable bonds is 23. The van der Waals surface area contributed by atoms with Crippen molar-refractivity contribution in [2.24, 2.45) is 5.41 Å². The number of unbranched alkanes of at least 4 members (excludes halogenated alkanes) is 12. The highest BCUT2D eigenvalue weighted by molar-refractivity contribution is 4.88. The highest BCUT2D eigenvalue weighted by Crippen LogP contribution is 2.48. The Morgan fingerprint density at radius 2 is 0.848 bits per heavy atom. The van der Waals surface area contributed by atoms with Crippen molar-refractivity contribution in [2.75, 3.05) is 21.3 Å². The molecule has 0 aliphatic heterocycles. The summed E-state index contributed by atoms with van der Waals surface area (Å²) in [7, 11) is 5.23.